The van der Waals surface area contributed by atoms with Crippen LogP contribution in [0.3, 0.4) is 0 Å². The molecule has 3 N–H and O–H groups in total. The first-order chi connectivity index (χ1) is 30.2. The van der Waals surface area contributed by atoms with E-state index in [1.54, 1.807) is 41.1 Å². The van der Waals surface area contributed by atoms with Crippen LogP contribution in [0.5, 0.6) is 0 Å². The lowest BCUT2D eigenvalue weighted by molar-refractivity contribution is -0.265. The van der Waals surface area contributed by atoms with Crippen LogP contribution in [0.4, 0.5) is 0 Å². The monoisotopic (exact) mass is 900 g/mol. The zero-order valence-corrected chi connectivity index (χ0v) is 39.9. The summed E-state index contributed by atoms with van der Waals surface area (Å²) in [5, 5.41) is 33.7. The number of ether oxygens (including phenoxy) is 5. The average molecular weight is 900 g/mol. The Labute approximate surface area is 380 Å². The number of amides is 1. The number of fused-ring (bicyclic) bond motifs is 3. The summed E-state index contributed by atoms with van der Waals surface area (Å²) in [6.07, 6.45) is 10.5. The summed E-state index contributed by atoms with van der Waals surface area (Å²) in [5.41, 5.74) is 1.26. The fraction of sp³-hybridized carbons (Fsp3) is 0.740. The van der Waals surface area contributed by atoms with Crippen molar-refractivity contribution in [3.05, 3.63) is 47.6 Å². The van der Waals surface area contributed by atoms with E-state index in [0.29, 0.717) is 56.9 Å². The molecular weight excluding hydrogens is 823 g/mol. The molecule has 0 aromatic rings. The first-order valence-electron chi connectivity index (χ1n) is 23.4. The van der Waals surface area contributed by atoms with Gasteiger partial charge < -0.3 is 43.9 Å². The Morgan fingerprint density at radius 1 is 0.859 bits per heavy atom. The number of carbonyl (C=O) groups excluding carboxylic acids is 5. The van der Waals surface area contributed by atoms with Crippen LogP contribution < -0.4 is 0 Å². The van der Waals surface area contributed by atoms with Gasteiger partial charge >= 0.3 is 5.97 Å². The number of rotatable bonds is 6. The molecule has 1 aliphatic carbocycles. The number of allylic oxidation sites excluding steroid dienone is 6. The van der Waals surface area contributed by atoms with E-state index in [9.17, 15) is 39.3 Å². The summed E-state index contributed by atoms with van der Waals surface area (Å²) in [4.78, 5) is 71.2. The molecule has 15 atom stereocenters. The molecular formula is C50H77NO13. The van der Waals surface area contributed by atoms with Crippen LogP contribution >= 0.6 is 0 Å². The quantitative estimate of drug-likeness (QED) is 0.165. The highest BCUT2D eigenvalue weighted by Gasteiger charge is 2.53. The number of aliphatic hydroxyl groups is 3. The van der Waals surface area contributed by atoms with E-state index in [-0.39, 0.29) is 54.8 Å². The number of hydrogen-bond acceptors (Lipinski definition) is 13. The Kier molecular flexibility index (Phi) is 20.3. The zero-order chi connectivity index (χ0) is 47.5. The topological polar surface area (TPSA) is 195 Å². The van der Waals surface area contributed by atoms with Crippen LogP contribution in [-0.4, -0.2) is 132 Å². The molecule has 360 valence electrons. The lowest BCUT2D eigenvalue weighted by Gasteiger charge is -2.41. The van der Waals surface area contributed by atoms with Crippen molar-refractivity contribution in [1.82, 2.24) is 4.90 Å². The van der Waals surface area contributed by atoms with E-state index in [1.165, 1.54) is 7.11 Å². The SMILES string of the molecule is CO[C@H]1CC(C[C@H](C)C2CC(=O)[C@@H](C)/C=C(\C)[C@@H](O)[C@@H](OC)C(=O)[C@@H](C)C[C@H](C)/C=C/C=C/C=C(\C)[C@H](OC)CC3CC[C@@H](C)[C@@](O)(O3)C(=O)C(=O)N3CCC[C@H]3C(=O)O2)CC[C@@H]1O. The van der Waals surface area contributed by atoms with Crippen molar-refractivity contribution in [1.29, 1.82) is 0 Å². The van der Waals surface area contributed by atoms with Crippen molar-refractivity contribution in [2.45, 2.75) is 174 Å². The number of Topliss-reactive ketones (excluding diaryl/α,β-unsaturated/α-hetero) is 3. The van der Waals surface area contributed by atoms with Crippen molar-refractivity contribution in [3.8, 4) is 0 Å². The Hall–Kier alpha value is -3.37. The minimum Gasteiger partial charge on any atom is -0.460 e. The second kappa shape index (κ2) is 24.4. The van der Waals surface area contributed by atoms with Crippen LogP contribution in [0.1, 0.15) is 119 Å². The number of aliphatic hydroxyl groups excluding tert-OH is 2. The lowest BCUT2D eigenvalue weighted by atomic mass is 9.78. The van der Waals surface area contributed by atoms with E-state index < -0.39 is 83.9 Å². The molecule has 4 aliphatic rings. The Balaban J connectivity index is 1.68. The summed E-state index contributed by atoms with van der Waals surface area (Å²) in [6.45, 7) is 12.7. The maximum absolute atomic E-state index is 14.2. The first kappa shape index (κ1) is 53.2. The summed E-state index contributed by atoms with van der Waals surface area (Å²) in [5.74, 6) is -7.97. The minimum atomic E-state index is -2.42. The highest BCUT2D eigenvalue weighted by Crippen LogP contribution is 2.38. The predicted octanol–water partition coefficient (Wildman–Crippen LogP) is 5.79. The van der Waals surface area contributed by atoms with Crippen LogP contribution in [0.2, 0.25) is 0 Å². The maximum atomic E-state index is 14.2. The number of esters is 1. The molecule has 3 fully saturated rings. The lowest BCUT2D eigenvalue weighted by Crippen LogP contribution is -2.59. The third kappa shape index (κ3) is 13.6. The number of cyclic esters (lactones) is 1. The molecule has 1 amide bonds. The molecule has 14 heteroatoms. The van der Waals surface area contributed by atoms with Crippen LogP contribution in [0.15, 0.2) is 47.6 Å². The van der Waals surface area contributed by atoms with Gasteiger partial charge in [0.05, 0.1) is 24.4 Å². The van der Waals surface area contributed by atoms with Gasteiger partial charge in [-0.1, -0.05) is 71.1 Å². The van der Waals surface area contributed by atoms with Gasteiger partial charge in [0, 0.05) is 58.5 Å². The van der Waals surface area contributed by atoms with Crippen LogP contribution in [0.25, 0.3) is 0 Å². The van der Waals surface area contributed by atoms with Crippen molar-refractivity contribution < 1.29 is 63.0 Å². The van der Waals surface area contributed by atoms with Crippen LogP contribution in [0, 0.1) is 35.5 Å². The fourth-order valence-electron chi connectivity index (χ4n) is 9.95. The van der Waals surface area contributed by atoms with E-state index in [1.807, 2.05) is 58.1 Å². The summed E-state index contributed by atoms with van der Waals surface area (Å²) < 4.78 is 29.2. The average Bonchev–Trinajstić information content (AvgIpc) is 3.76. The molecule has 3 heterocycles. The van der Waals surface area contributed by atoms with Gasteiger partial charge in [-0.05, 0) is 101 Å². The third-order valence-corrected chi connectivity index (χ3v) is 14.2. The highest BCUT2D eigenvalue weighted by molar-refractivity contribution is 6.39. The molecule has 0 radical (unpaired) electrons. The zero-order valence-electron chi connectivity index (χ0n) is 39.9. The molecule has 2 saturated heterocycles. The highest BCUT2D eigenvalue weighted by atomic mass is 16.6. The predicted molar refractivity (Wildman–Crippen MR) is 241 cm³/mol. The van der Waals surface area contributed by atoms with Gasteiger partial charge in [0.15, 0.2) is 5.78 Å². The van der Waals surface area contributed by atoms with Gasteiger partial charge in [-0.15, -0.1) is 0 Å². The first-order valence-corrected chi connectivity index (χ1v) is 23.4. The van der Waals surface area contributed by atoms with Crippen molar-refractivity contribution in [2.24, 2.45) is 35.5 Å². The number of carbonyl (C=O) groups is 5. The minimum absolute atomic E-state index is 0.0199. The molecule has 4 rings (SSSR count). The number of hydrogen-bond donors (Lipinski definition) is 3. The van der Waals surface area contributed by atoms with Crippen molar-refractivity contribution in [3.63, 3.8) is 0 Å². The molecule has 0 spiro atoms. The van der Waals surface area contributed by atoms with E-state index in [2.05, 4.69) is 0 Å². The maximum Gasteiger partial charge on any atom is 0.329 e. The molecule has 2 bridgehead atoms. The number of ketones is 3. The number of nitrogens with zero attached hydrogens (tertiary/aromatic N) is 1. The molecule has 1 saturated carbocycles. The van der Waals surface area contributed by atoms with Crippen molar-refractivity contribution >= 4 is 29.2 Å². The van der Waals surface area contributed by atoms with Crippen LogP contribution in [-0.2, 0) is 47.7 Å². The Morgan fingerprint density at radius 2 is 1.58 bits per heavy atom. The second-order valence-electron chi connectivity index (χ2n) is 19.2. The van der Waals surface area contributed by atoms with Gasteiger partial charge in [0.1, 0.15) is 30.1 Å². The standard InChI is InChI=1S/C50H77NO13/c1-29-15-12-11-13-16-30(2)41(60-8)27-37-20-18-35(7)50(59,64-37)47(56)48(57)51-22-14-17-38(51)49(58)63-42(32(4)25-36-19-21-39(52)43(26-36)61-9)28-40(53)31(3)24-34(6)45(55)46(62-10)44(54)33(5)23-29/h11-13,15-16,24,29,31-33,35-39,41-43,45-46,52,55,59H,14,17-23,25-28H2,1-10H3/b13-11+,15-12+,30-16+,34-24+/t29-,31+,32+,33+,35-,36?,37?,38+,39+,41-,42?,43+,45-,46+,50-/m1/s1. The largest absolute Gasteiger partial charge is 0.460 e. The van der Waals surface area contributed by atoms with Gasteiger partial charge in [0.25, 0.3) is 11.7 Å². The number of methoxy groups -OCH3 is 3. The van der Waals surface area contributed by atoms with E-state index in [4.69, 9.17) is 23.7 Å². The van der Waals surface area contributed by atoms with E-state index >= 15 is 0 Å². The third-order valence-electron chi connectivity index (χ3n) is 14.2. The molecule has 3 unspecified atom stereocenters. The smallest absolute Gasteiger partial charge is 0.329 e. The Bertz CT molecular complexity index is 1740. The second-order valence-corrected chi connectivity index (χ2v) is 19.2. The van der Waals surface area contributed by atoms with Gasteiger partial charge in [-0.25, -0.2) is 4.79 Å². The molecule has 14 nitrogen and oxygen atoms in total. The fourth-order valence-corrected chi connectivity index (χ4v) is 9.95. The van der Waals surface area contributed by atoms with Crippen molar-refractivity contribution in [2.75, 3.05) is 27.9 Å². The molecule has 0 aromatic heterocycles. The normalized spacial score (nSPS) is 40.7. The summed E-state index contributed by atoms with van der Waals surface area (Å²) in [7, 11) is 4.51. The summed E-state index contributed by atoms with van der Waals surface area (Å²) >= 11 is 0. The van der Waals surface area contributed by atoms with Gasteiger partial charge in [-0.3, -0.25) is 19.2 Å². The summed E-state index contributed by atoms with van der Waals surface area (Å²) in [6, 6.07) is -1.13. The Morgan fingerprint density at radius 3 is 2.25 bits per heavy atom. The van der Waals surface area contributed by atoms with Gasteiger partial charge in [-0.2, -0.15) is 0 Å². The molecule has 64 heavy (non-hydrogen) atoms. The van der Waals surface area contributed by atoms with Gasteiger partial charge in [0.2, 0.25) is 5.79 Å². The molecule has 0 aromatic carbocycles. The van der Waals surface area contributed by atoms with E-state index in [0.717, 1.165) is 16.9 Å². The molecule has 3 aliphatic heterocycles.